The van der Waals surface area contributed by atoms with E-state index in [9.17, 15) is 13.2 Å². The number of hydrogen-bond acceptors (Lipinski definition) is 3. The van der Waals surface area contributed by atoms with Gasteiger partial charge in [0.1, 0.15) is 0 Å². The van der Waals surface area contributed by atoms with Crippen molar-refractivity contribution in [2.45, 2.75) is 24.5 Å². The lowest BCUT2D eigenvalue weighted by Gasteiger charge is -2.30. The quantitative estimate of drug-likeness (QED) is 0.717. The molecule has 2 atom stereocenters. The normalized spacial score (nSPS) is 33.4. The highest BCUT2D eigenvalue weighted by Crippen LogP contribution is 2.44. The summed E-state index contributed by atoms with van der Waals surface area (Å²) in [6.45, 7) is 0. The van der Waals surface area contributed by atoms with Crippen molar-refractivity contribution in [2.24, 2.45) is 11.8 Å². The van der Waals surface area contributed by atoms with E-state index >= 15 is 0 Å². The van der Waals surface area contributed by atoms with Gasteiger partial charge in [-0.2, -0.15) is 0 Å². The average Bonchev–Trinajstić information content (AvgIpc) is 2.80. The molecule has 0 aromatic heterocycles. The molecule has 5 heteroatoms. The second-order valence-electron chi connectivity index (χ2n) is 3.90. The third-order valence-electron chi connectivity index (χ3n) is 2.96. The molecule has 0 aromatic rings. The molecule has 1 saturated carbocycles. The second-order valence-corrected chi connectivity index (χ2v) is 6.24. The summed E-state index contributed by atoms with van der Waals surface area (Å²) >= 11 is 0. The van der Waals surface area contributed by atoms with Gasteiger partial charge >= 0.3 is 5.97 Å². The lowest BCUT2D eigenvalue weighted by molar-refractivity contribution is -0.142. The SMILES string of the molecule is O=C(O)C(C1CC1)C1CCS1(=O)=O. The van der Waals surface area contributed by atoms with Crippen molar-refractivity contribution < 1.29 is 18.3 Å². The van der Waals surface area contributed by atoms with Crippen molar-refractivity contribution >= 4 is 15.8 Å². The van der Waals surface area contributed by atoms with Gasteiger partial charge in [0.15, 0.2) is 9.84 Å². The summed E-state index contributed by atoms with van der Waals surface area (Å²) in [7, 11) is -3.05. The fraction of sp³-hybridized carbons (Fsp3) is 0.875. The molecule has 2 unspecified atom stereocenters. The lowest BCUT2D eigenvalue weighted by atomic mass is 9.97. The van der Waals surface area contributed by atoms with Crippen LogP contribution in [0.5, 0.6) is 0 Å². The highest BCUT2D eigenvalue weighted by Gasteiger charge is 2.50. The van der Waals surface area contributed by atoms with Crippen molar-refractivity contribution in [1.82, 2.24) is 0 Å². The van der Waals surface area contributed by atoms with E-state index < -0.39 is 27.0 Å². The van der Waals surface area contributed by atoms with E-state index in [0.29, 0.717) is 6.42 Å². The zero-order chi connectivity index (χ0) is 9.64. The van der Waals surface area contributed by atoms with E-state index in [1.165, 1.54) is 0 Å². The number of aliphatic carboxylic acids is 1. The zero-order valence-electron chi connectivity index (χ0n) is 7.14. The Hall–Kier alpha value is -0.580. The average molecular weight is 204 g/mol. The van der Waals surface area contributed by atoms with Crippen molar-refractivity contribution in [1.29, 1.82) is 0 Å². The van der Waals surface area contributed by atoms with Crippen LogP contribution in [-0.4, -0.2) is 30.5 Å². The van der Waals surface area contributed by atoms with Crippen molar-refractivity contribution in [3.8, 4) is 0 Å². The van der Waals surface area contributed by atoms with Gasteiger partial charge in [-0.25, -0.2) is 8.42 Å². The number of carboxylic acids is 1. The fourth-order valence-corrected chi connectivity index (χ4v) is 3.65. The molecule has 1 heterocycles. The second kappa shape index (κ2) is 2.70. The van der Waals surface area contributed by atoms with Crippen LogP contribution in [0.1, 0.15) is 19.3 Å². The first kappa shape index (κ1) is 8.99. The predicted octanol–water partition coefficient (Wildman–Crippen LogP) is 0.284. The Bertz CT molecular complexity index is 328. The standard InChI is InChI=1S/C8H12O4S/c9-8(10)7(5-1-2-5)6-3-4-13(6,11)12/h5-7H,1-4H2,(H,9,10). The van der Waals surface area contributed by atoms with E-state index in [4.69, 9.17) is 5.11 Å². The van der Waals surface area contributed by atoms with Crippen LogP contribution in [0.25, 0.3) is 0 Å². The summed E-state index contributed by atoms with van der Waals surface area (Å²) in [5, 5.41) is 8.30. The van der Waals surface area contributed by atoms with Gasteiger partial charge in [0.2, 0.25) is 0 Å². The number of carbonyl (C=O) groups is 1. The lowest BCUT2D eigenvalue weighted by Crippen LogP contribution is -2.46. The molecule has 2 aliphatic rings. The molecular formula is C8H12O4S. The maximum Gasteiger partial charge on any atom is 0.308 e. The van der Waals surface area contributed by atoms with Gasteiger partial charge in [-0.3, -0.25) is 4.79 Å². The van der Waals surface area contributed by atoms with Crippen molar-refractivity contribution in [2.75, 3.05) is 5.75 Å². The predicted molar refractivity (Wildman–Crippen MR) is 46.0 cm³/mol. The maximum atomic E-state index is 11.2. The monoisotopic (exact) mass is 204 g/mol. The van der Waals surface area contributed by atoms with Gasteiger partial charge in [-0.15, -0.1) is 0 Å². The minimum Gasteiger partial charge on any atom is -0.481 e. The van der Waals surface area contributed by atoms with Crippen LogP contribution >= 0.6 is 0 Å². The van der Waals surface area contributed by atoms with Gasteiger partial charge < -0.3 is 5.11 Å². The first-order valence-electron chi connectivity index (χ1n) is 4.47. The molecular weight excluding hydrogens is 192 g/mol. The fourth-order valence-electron chi connectivity index (χ4n) is 1.97. The molecule has 4 nitrogen and oxygen atoms in total. The topological polar surface area (TPSA) is 71.4 Å². The summed E-state index contributed by atoms with van der Waals surface area (Å²) in [4.78, 5) is 10.8. The Morgan fingerprint density at radius 3 is 2.15 bits per heavy atom. The maximum absolute atomic E-state index is 11.2. The Morgan fingerprint density at radius 1 is 1.31 bits per heavy atom. The highest BCUT2D eigenvalue weighted by molar-refractivity contribution is 7.93. The summed E-state index contributed by atoms with van der Waals surface area (Å²) < 4.78 is 22.5. The molecule has 1 aliphatic carbocycles. The van der Waals surface area contributed by atoms with Gasteiger partial charge in [0, 0.05) is 0 Å². The molecule has 13 heavy (non-hydrogen) atoms. The van der Waals surface area contributed by atoms with Gasteiger partial charge in [0.25, 0.3) is 0 Å². The van der Waals surface area contributed by atoms with Crippen LogP contribution in [0.15, 0.2) is 0 Å². The highest BCUT2D eigenvalue weighted by atomic mass is 32.2. The van der Waals surface area contributed by atoms with E-state index in [1.807, 2.05) is 0 Å². The molecule has 1 saturated heterocycles. The summed E-state index contributed by atoms with van der Waals surface area (Å²) in [5.74, 6) is -1.26. The van der Waals surface area contributed by atoms with Crippen LogP contribution < -0.4 is 0 Å². The molecule has 0 amide bonds. The molecule has 2 fully saturated rings. The van der Waals surface area contributed by atoms with Crippen LogP contribution in [0.2, 0.25) is 0 Å². The minimum absolute atomic E-state index is 0.123. The number of sulfone groups is 1. The largest absolute Gasteiger partial charge is 0.481 e. The minimum atomic E-state index is -3.05. The van der Waals surface area contributed by atoms with Crippen LogP contribution in [-0.2, 0) is 14.6 Å². The van der Waals surface area contributed by atoms with E-state index in [1.54, 1.807) is 0 Å². The van der Waals surface area contributed by atoms with Gasteiger partial charge in [-0.05, 0) is 25.2 Å². The molecule has 74 valence electrons. The van der Waals surface area contributed by atoms with Crippen molar-refractivity contribution in [3.63, 3.8) is 0 Å². The molecule has 0 bridgehead atoms. The third kappa shape index (κ3) is 1.45. The van der Waals surface area contributed by atoms with Crippen LogP contribution in [0.4, 0.5) is 0 Å². The first-order valence-corrected chi connectivity index (χ1v) is 6.18. The Morgan fingerprint density at radius 2 is 1.92 bits per heavy atom. The molecule has 1 aliphatic heterocycles. The summed E-state index contributed by atoms with van der Waals surface area (Å²) in [6, 6.07) is 0. The zero-order valence-corrected chi connectivity index (χ0v) is 7.96. The number of hydrogen-bond donors (Lipinski definition) is 1. The summed E-state index contributed by atoms with van der Waals surface area (Å²) in [6.07, 6.45) is 2.29. The van der Waals surface area contributed by atoms with E-state index in [2.05, 4.69) is 0 Å². The van der Waals surface area contributed by atoms with E-state index in [0.717, 1.165) is 12.8 Å². The molecule has 0 aromatic carbocycles. The molecule has 0 spiro atoms. The first-order chi connectivity index (χ1) is 6.02. The number of carboxylic acid groups (broad SMARTS) is 1. The third-order valence-corrected chi connectivity index (χ3v) is 5.22. The Balaban J connectivity index is 2.16. The van der Waals surface area contributed by atoms with E-state index in [-0.39, 0.29) is 11.7 Å². The molecule has 2 rings (SSSR count). The molecule has 1 N–H and O–H groups in total. The summed E-state index contributed by atoms with van der Waals surface area (Å²) in [5.41, 5.74) is 0. The van der Waals surface area contributed by atoms with Crippen LogP contribution in [0, 0.1) is 11.8 Å². The van der Waals surface area contributed by atoms with Crippen LogP contribution in [0.3, 0.4) is 0 Å². The Labute approximate surface area is 76.9 Å². The van der Waals surface area contributed by atoms with Crippen molar-refractivity contribution in [3.05, 3.63) is 0 Å². The van der Waals surface area contributed by atoms with Gasteiger partial charge in [0.05, 0.1) is 16.9 Å². The number of rotatable bonds is 3. The van der Waals surface area contributed by atoms with Gasteiger partial charge in [-0.1, -0.05) is 0 Å². The molecule has 0 radical (unpaired) electrons. The Kier molecular flexibility index (Phi) is 1.87. The smallest absolute Gasteiger partial charge is 0.308 e.